The molecule has 1 aromatic heterocycles. The number of hydrogen-bond donors (Lipinski definition) is 2. The molecule has 6 nitrogen and oxygen atoms in total. The topological polar surface area (TPSA) is 80.1 Å². The van der Waals surface area contributed by atoms with Crippen molar-refractivity contribution in [1.82, 2.24) is 15.5 Å². The second-order valence-corrected chi connectivity index (χ2v) is 7.45. The molecule has 0 aliphatic heterocycles. The predicted molar refractivity (Wildman–Crippen MR) is 100.0 cm³/mol. The van der Waals surface area contributed by atoms with Gasteiger partial charge in [0.05, 0.1) is 0 Å². The van der Waals surface area contributed by atoms with Crippen LogP contribution >= 0.6 is 0 Å². The summed E-state index contributed by atoms with van der Waals surface area (Å²) in [4.78, 5) is 16.7. The summed E-state index contributed by atoms with van der Waals surface area (Å²) >= 11 is 0. The van der Waals surface area contributed by atoms with Gasteiger partial charge in [-0.1, -0.05) is 37.3 Å². The molecule has 1 aromatic carbocycles. The predicted octanol–water partition coefficient (Wildman–Crippen LogP) is 4.85. The van der Waals surface area contributed by atoms with Gasteiger partial charge in [-0.3, -0.25) is 0 Å². The summed E-state index contributed by atoms with van der Waals surface area (Å²) in [5.41, 5.74) is 1.66. The lowest BCUT2D eigenvalue weighted by atomic mass is 9.85. The Bertz CT molecular complexity index is 729. The highest BCUT2D eigenvalue weighted by atomic mass is 16.5. The number of hydrogen-bond acceptors (Lipinski definition) is 4. The van der Waals surface area contributed by atoms with Crippen molar-refractivity contribution >= 4 is 11.7 Å². The highest BCUT2D eigenvalue weighted by Crippen LogP contribution is 2.36. The number of amides is 2. The van der Waals surface area contributed by atoms with E-state index in [1.807, 2.05) is 24.3 Å². The first-order valence-electron chi connectivity index (χ1n) is 9.79. The maximum Gasteiger partial charge on any atom is 0.319 e. The minimum absolute atomic E-state index is 0.128. The monoisotopic (exact) mass is 354 g/mol. The van der Waals surface area contributed by atoms with Crippen LogP contribution in [0.1, 0.15) is 69.6 Å². The van der Waals surface area contributed by atoms with Gasteiger partial charge >= 0.3 is 6.03 Å². The van der Waals surface area contributed by atoms with Gasteiger partial charge in [0.1, 0.15) is 0 Å². The van der Waals surface area contributed by atoms with E-state index < -0.39 is 0 Å². The first-order valence-corrected chi connectivity index (χ1v) is 9.79. The van der Waals surface area contributed by atoms with Crippen molar-refractivity contribution in [1.29, 1.82) is 0 Å². The normalized spacial score (nSPS) is 18.8. The van der Waals surface area contributed by atoms with Crippen LogP contribution in [0.4, 0.5) is 10.5 Å². The molecule has 4 rings (SSSR count). The lowest BCUT2D eigenvalue weighted by Crippen LogP contribution is -2.37. The number of nitrogens with one attached hydrogen (secondary N) is 2. The lowest BCUT2D eigenvalue weighted by molar-refractivity contribution is 0.247. The summed E-state index contributed by atoms with van der Waals surface area (Å²) in [6, 6.07) is 7.74. The maximum atomic E-state index is 12.2. The molecule has 0 saturated heterocycles. The van der Waals surface area contributed by atoms with E-state index in [-0.39, 0.29) is 6.03 Å². The van der Waals surface area contributed by atoms with Crippen molar-refractivity contribution in [3.63, 3.8) is 0 Å². The number of aromatic nitrogens is 2. The minimum atomic E-state index is -0.128. The summed E-state index contributed by atoms with van der Waals surface area (Å²) in [5.74, 6) is 1.79. The molecule has 6 heteroatoms. The summed E-state index contributed by atoms with van der Waals surface area (Å²) < 4.78 is 5.37. The number of rotatable bonds is 4. The fraction of sp³-hybridized carbons (Fsp3) is 0.550. The van der Waals surface area contributed by atoms with E-state index in [1.165, 1.54) is 32.1 Å². The molecule has 0 unspecified atom stereocenters. The summed E-state index contributed by atoms with van der Waals surface area (Å²) in [7, 11) is 0. The minimum Gasteiger partial charge on any atom is -0.339 e. The van der Waals surface area contributed by atoms with Gasteiger partial charge in [0.15, 0.2) is 0 Å². The van der Waals surface area contributed by atoms with Crippen LogP contribution in [0.3, 0.4) is 0 Å². The van der Waals surface area contributed by atoms with Crippen LogP contribution in [0.2, 0.25) is 0 Å². The van der Waals surface area contributed by atoms with Gasteiger partial charge in [-0.2, -0.15) is 4.98 Å². The van der Waals surface area contributed by atoms with Gasteiger partial charge in [-0.05, 0) is 49.9 Å². The van der Waals surface area contributed by atoms with Crippen LogP contribution in [0.5, 0.6) is 0 Å². The molecule has 26 heavy (non-hydrogen) atoms. The zero-order valence-corrected chi connectivity index (χ0v) is 15.0. The number of anilines is 1. The molecule has 2 N–H and O–H groups in total. The smallest absolute Gasteiger partial charge is 0.319 e. The van der Waals surface area contributed by atoms with Gasteiger partial charge in [-0.15, -0.1) is 0 Å². The van der Waals surface area contributed by atoms with Gasteiger partial charge in [0.2, 0.25) is 11.7 Å². The molecule has 2 aliphatic carbocycles. The Morgan fingerprint density at radius 1 is 0.962 bits per heavy atom. The highest BCUT2D eigenvalue weighted by molar-refractivity contribution is 5.89. The second kappa shape index (κ2) is 7.89. The zero-order valence-electron chi connectivity index (χ0n) is 15.0. The molecule has 2 aromatic rings. The Hall–Kier alpha value is -2.37. The van der Waals surface area contributed by atoms with E-state index in [4.69, 9.17) is 4.52 Å². The Balaban J connectivity index is 1.33. The largest absolute Gasteiger partial charge is 0.339 e. The van der Waals surface area contributed by atoms with Crippen molar-refractivity contribution in [2.45, 2.75) is 69.7 Å². The average Bonchev–Trinajstić information content (AvgIpc) is 2.91. The quantitative estimate of drug-likeness (QED) is 0.769. The number of urea groups is 1. The van der Waals surface area contributed by atoms with Crippen molar-refractivity contribution in [3.05, 3.63) is 30.2 Å². The molecular weight excluding hydrogens is 328 g/mol. The van der Waals surface area contributed by atoms with E-state index in [2.05, 4.69) is 20.8 Å². The van der Waals surface area contributed by atoms with E-state index in [0.717, 1.165) is 42.8 Å². The molecule has 2 saturated carbocycles. The van der Waals surface area contributed by atoms with Crippen molar-refractivity contribution in [3.8, 4) is 11.4 Å². The third-order valence-corrected chi connectivity index (χ3v) is 5.49. The average molecular weight is 354 g/mol. The molecule has 0 atom stereocenters. The second-order valence-electron chi connectivity index (χ2n) is 7.45. The maximum absolute atomic E-state index is 12.2. The molecule has 1 heterocycles. The molecule has 138 valence electrons. The van der Waals surface area contributed by atoms with E-state index in [1.54, 1.807) is 0 Å². The van der Waals surface area contributed by atoms with Gasteiger partial charge < -0.3 is 15.2 Å². The number of carbonyl (C=O) groups excluding carboxylic acids is 1. The Morgan fingerprint density at radius 3 is 2.35 bits per heavy atom. The molecule has 2 amide bonds. The standard InChI is InChI=1S/C20H26N4O2/c25-20(21-16-8-3-1-2-4-9-16)22-17-12-10-14(11-13-17)18-23-19(26-24-18)15-6-5-7-15/h10-13,15-16H,1-9H2,(H2,21,22,25). The van der Waals surface area contributed by atoms with Gasteiger partial charge in [-0.25, -0.2) is 4.79 Å². The molecule has 2 fully saturated rings. The van der Waals surface area contributed by atoms with Crippen molar-refractivity contribution in [2.24, 2.45) is 0 Å². The first-order chi connectivity index (χ1) is 12.8. The van der Waals surface area contributed by atoms with Gasteiger partial charge in [0.25, 0.3) is 0 Å². The number of benzene rings is 1. The summed E-state index contributed by atoms with van der Waals surface area (Å²) in [6.45, 7) is 0. The highest BCUT2D eigenvalue weighted by Gasteiger charge is 2.25. The summed E-state index contributed by atoms with van der Waals surface area (Å²) in [6.07, 6.45) is 10.6. The molecule has 0 bridgehead atoms. The van der Waals surface area contributed by atoms with Crippen LogP contribution in [-0.4, -0.2) is 22.2 Å². The SMILES string of the molecule is O=C(Nc1ccc(-c2noc(C3CCC3)n2)cc1)NC1CCCCCC1. The van der Waals surface area contributed by atoms with E-state index >= 15 is 0 Å². The Kier molecular flexibility index (Phi) is 5.18. The molecule has 2 aliphatic rings. The molecule has 0 spiro atoms. The third-order valence-electron chi connectivity index (χ3n) is 5.49. The van der Waals surface area contributed by atoms with E-state index in [0.29, 0.717) is 17.8 Å². The molecular formula is C20H26N4O2. The Labute approximate surface area is 153 Å². The van der Waals surface area contributed by atoms with Gasteiger partial charge in [0, 0.05) is 23.2 Å². The van der Waals surface area contributed by atoms with Crippen LogP contribution in [0.15, 0.2) is 28.8 Å². The number of nitrogens with zero attached hydrogens (tertiary/aromatic N) is 2. The summed E-state index contributed by atoms with van der Waals surface area (Å²) in [5, 5.41) is 10.1. The van der Waals surface area contributed by atoms with Crippen LogP contribution in [0.25, 0.3) is 11.4 Å². The lowest BCUT2D eigenvalue weighted by Gasteiger charge is -2.20. The van der Waals surface area contributed by atoms with Crippen LogP contribution < -0.4 is 10.6 Å². The molecule has 0 radical (unpaired) electrons. The number of carbonyl (C=O) groups is 1. The van der Waals surface area contributed by atoms with Crippen molar-refractivity contribution < 1.29 is 9.32 Å². The first kappa shape index (κ1) is 17.1. The van der Waals surface area contributed by atoms with E-state index in [9.17, 15) is 4.79 Å². The van der Waals surface area contributed by atoms with Crippen LogP contribution in [-0.2, 0) is 0 Å². The fourth-order valence-corrected chi connectivity index (χ4v) is 3.65. The third kappa shape index (κ3) is 4.06. The van der Waals surface area contributed by atoms with Crippen molar-refractivity contribution in [2.75, 3.05) is 5.32 Å². The Morgan fingerprint density at radius 2 is 1.69 bits per heavy atom. The van der Waals surface area contributed by atoms with Crippen LogP contribution in [0, 0.1) is 0 Å². The zero-order chi connectivity index (χ0) is 17.8. The fourth-order valence-electron chi connectivity index (χ4n) is 3.65.